The lowest BCUT2D eigenvalue weighted by Gasteiger charge is -2.45. The van der Waals surface area contributed by atoms with E-state index in [4.69, 9.17) is 115 Å². The minimum absolute atomic E-state index is 0.0414. The number of guanidine groups is 1. The first-order valence-electron chi connectivity index (χ1n) is 17.4. The number of nitrogens with zero attached hydrogens (tertiary/aromatic N) is 1. The fourth-order valence-corrected chi connectivity index (χ4v) is 5.96. The van der Waals surface area contributed by atoms with Gasteiger partial charge in [0.1, 0.15) is 63.1 Å². The number of carbonyl (C=O) groups excluding carboxylic acids is 4. The maximum Gasteiger partial charge on any atom is 0.243 e. The van der Waals surface area contributed by atoms with E-state index in [9.17, 15) is 24.3 Å². The summed E-state index contributed by atoms with van der Waals surface area (Å²) in [5.41, 5.74) is 28.0. The monoisotopic (exact) mass is 749 g/mol. The Morgan fingerprint density at radius 3 is 1.70 bits per heavy atom. The van der Waals surface area contributed by atoms with Crippen molar-refractivity contribution in [1.29, 1.82) is 0 Å². The Bertz CT molecular complexity index is 1830. The molecule has 0 saturated carbocycles. The standard InChI is InChI=1S/C32H38B11N9O5/c1-11-6-13(53)7-12(2)14(11)8-16(50-26(55)15(45)4-3-5-49-29(47)48)27(56)51-17(9-30(38,39)31(40,41)10-44)28(57)52-24(25(46)54)32(42,43)18-19(33)21(35)23(37)22(36)20(18)34/h6-7,15-17,24,53H,3-5,8-10,44-45H2,1-2H3,(H2,46,54)(H,50,55)(H,51,56)(H,52,57)(H4,47,48,49)/t15-,16+,17+,24-/m1/s1. The molecule has 4 amide bonds. The smallest absolute Gasteiger partial charge is 0.243 e. The molecule has 22 radical (unpaired) electrons. The Kier molecular flexibility index (Phi) is 17.0. The zero-order valence-corrected chi connectivity index (χ0v) is 32.0. The number of amides is 4. The van der Waals surface area contributed by atoms with Crippen LogP contribution in [0.25, 0.3) is 0 Å². The van der Waals surface area contributed by atoms with Crippen molar-refractivity contribution in [3.05, 3.63) is 34.4 Å². The van der Waals surface area contributed by atoms with E-state index in [1.54, 1.807) is 13.8 Å². The summed E-state index contributed by atoms with van der Waals surface area (Å²) in [5.74, 6) is -4.46. The third-order valence-corrected chi connectivity index (χ3v) is 9.59. The van der Waals surface area contributed by atoms with Crippen molar-refractivity contribution in [2.45, 2.75) is 79.3 Å². The number of rotatable bonds is 19. The van der Waals surface area contributed by atoms with Crippen LogP contribution in [0.15, 0.2) is 17.1 Å². The molecule has 0 aliphatic carbocycles. The maximum absolute atomic E-state index is 14.3. The molecule has 2 rings (SSSR count). The molecule has 0 heterocycles. The minimum atomic E-state index is -2.53. The number of phenols is 1. The number of nitrogens with two attached hydrogens (primary N) is 5. The zero-order chi connectivity index (χ0) is 44.0. The minimum Gasteiger partial charge on any atom is -0.508 e. The van der Waals surface area contributed by atoms with Gasteiger partial charge in [0.25, 0.3) is 0 Å². The first-order chi connectivity index (χ1) is 26.1. The number of aliphatic imine (C=N–C) groups is 1. The summed E-state index contributed by atoms with van der Waals surface area (Å²) in [5, 5.41) is 10.7. The first kappa shape index (κ1) is 49.2. The molecule has 0 aliphatic heterocycles. The number of aryl methyl sites for hydroxylation is 2. The van der Waals surface area contributed by atoms with Gasteiger partial charge >= 0.3 is 0 Å². The predicted octanol–water partition coefficient (Wildman–Crippen LogP) is -9.71. The largest absolute Gasteiger partial charge is 0.508 e. The van der Waals surface area contributed by atoms with Crippen LogP contribution in [0.3, 0.4) is 0 Å². The fraction of sp³-hybridized carbons (Fsp3) is 0.469. The van der Waals surface area contributed by atoms with Gasteiger partial charge < -0.3 is 49.7 Å². The third-order valence-electron chi connectivity index (χ3n) is 9.59. The average molecular weight is 748 g/mol. The summed E-state index contributed by atoms with van der Waals surface area (Å²) in [7, 11) is 67.7. The van der Waals surface area contributed by atoms with Crippen molar-refractivity contribution >= 4 is 143 Å². The molecule has 0 spiro atoms. The summed E-state index contributed by atoms with van der Waals surface area (Å²) >= 11 is 0. The van der Waals surface area contributed by atoms with Gasteiger partial charge in [-0.1, -0.05) is 10.8 Å². The quantitative estimate of drug-likeness (QED) is 0.0286. The number of phenolic OH excluding ortho intramolecular Hbond substituents is 1. The van der Waals surface area contributed by atoms with Gasteiger partial charge in [-0.05, 0) is 73.7 Å². The molecular weight excluding hydrogens is 709 g/mol. The van der Waals surface area contributed by atoms with Crippen molar-refractivity contribution in [2.75, 3.05) is 13.1 Å². The molecule has 0 fully saturated rings. The second kappa shape index (κ2) is 19.6. The van der Waals surface area contributed by atoms with E-state index in [2.05, 4.69) is 20.9 Å². The van der Waals surface area contributed by atoms with Gasteiger partial charge in [0.15, 0.2) is 5.96 Å². The molecular formula is C32H38B11N9O5. The van der Waals surface area contributed by atoms with Crippen molar-refractivity contribution in [1.82, 2.24) is 16.0 Å². The van der Waals surface area contributed by atoms with Crippen LogP contribution in [0.4, 0.5) is 0 Å². The van der Waals surface area contributed by atoms with Crippen molar-refractivity contribution in [3.63, 3.8) is 0 Å². The van der Waals surface area contributed by atoms with Crippen LogP contribution < -0.4 is 71.9 Å². The van der Waals surface area contributed by atoms with Gasteiger partial charge in [-0.15, -0.1) is 32.5 Å². The molecule has 25 heteroatoms. The molecule has 0 aliphatic rings. The molecule has 14 N–H and O–H groups in total. The number of aromatic hydroxyl groups is 1. The van der Waals surface area contributed by atoms with Crippen LogP contribution in [0.1, 0.15) is 41.5 Å². The van der Waals surface area contributed by atoms with E-state index in [0.717, 1.165) is 0 Å². The SMILES string of the molecule is [B]c1c([B])c([B])c(C([B])([B])[C@H](NC(=O)[C@H](CC([B])([B])C([B])([B])CN)NC(=O)[C@H](Cc2c(C)cc(O)cc2C)NC(=O)[C@H](N)CCCN=C(N)N)C(N)=O)c([B])c1[B]. The lowest BCUT2D eigenvalue weighted by Crippen LogP contribution is -2.67. The highest BCUT2D eigenvalue weighted by Crippen LogP contribution is 2.44. The lowest BCUT2D eigenvalue weighted by molar-refractivity contribution is -0.133. The van der Waals surface area contributed by atoms with Crippen LogP contribution in [0.5, 0.6) is 5.75 Å². The van der Waals surface area contributed by atoms with Crippen LogP contribution in [-0.4, -0.2) is 158 Å². The Labute approximate surface area is 348 Å². The van der Waals surface area contributed by atoms with E-state index in [0.29, 0.717) is 23.1 Å². The highest BCUT2D eigenvalue weighted by molar-refractivity contribution is 6.68. The Hall–Kier alpha value is -3.98. The topological polar surface area (TPSA) is 267 Å². The van der Waals surface area contributed by atoms with Gasteiger partial charge in [-0.2, -0.15) is 0 Å². The second-order valence-corrected chi connectivity index (χ2v) is 14.1. The number of hydrogen-bond acceptors (Lipinski definition) is 8. The van der Waals surface area contributed by atoms with Gasteiger partial charge in [-0.3, -0.25) is 24.2 Å². The Morgan fingerprint density at radius 1 is 0.754 bits per heavy atom. The van der Waals surface area contributed by atoms with E-state index >= 15 is 0 Å². The number of benzene rings is 2. The molecule has 2 aromatic carbocycles. The number of hydrogen-bond donors (Lipinski definition) is 9. The molecule has 14 nitrogen and oxygen atoms in total. The van der Waals surface area contributed by atoms with Crippen molar-refractivity contribution in [3.8, 4) is 5.75 Å². The van der Waals surface area contributed by atoms with Crippen LogP contribution in [0.2, 0.25) is 10.4 Å². The molecule has 4 atom stereocenters. The first-order valence-corrected chi connectivity index (χ1v) is 17.4. The Balaban J connectivity index is 2.66. The molecule has 0 bridgehead atoms. The Morgan fingerprint density at radius 2 is 1.23 bits per heavy atom. The summed E-state index contributed by atoms with van der Waals surface area (Å²) in [6, 6.07) is -3.58. The molecule has 0 saturated heterocycles. The van der Waals surface area contributed by atoms with E-state index < -0.39 is 82.0 Å². The van der Waals surface area contributed by atoms with E-state index in [1.165, 1.54) is 12.1 Å². The normalized spacial score (nSPS) is 14.0. The second-order valence-electron chi connectivity index (χ2n) is 14.1. The molecule has 57 heavy (non-hydrogen) atoms. The highest BCUT2D eigenvalue weighted by Gasteiger charge is 2.42. The zero-order valence-electron chi connectivity index (χ0n) is 32.0. The molecule has 274 valence electrons. The number of carbonyl (C=O) groups is 4. The van der Waals surface area contributed by atoms with Gasteiger partial charge in [0, 0.05) is 13.0 Å². The fourth-order valence-electron chi connectivity index (χ4n) is 5.96. The maximum atomic E-state index is 14.3. The number of primary amides is 1. The predicted molar refractivity (Wildman–Crippen MR) is 233 cm³/mol. The van der Waals surface area contributed by atoms with Crippen LogP contribution in [0, 0.1) is 13.8 Å². The van der Waals surface area contributed by atoms with E-state index in [-0.39, 0.29) is 58.4 Å². The van der Waals surface area contributed by atoms with Crippen molar-refractivity contribution in [2.24, 2.45) is 33.7 Å². The summed E-state index contributed by atoms with van der Waals surface area (Å²) < 4.78 is 0. The number of nitrogens with one attached hydrogen (secondary N) is 3. The average Bonchev–Trinajstić information content (AvgIpc) is 3.10. The summed E-state index contributed by atoms with van der Waals surface area (Å²) in [6.45, 7) is 3.03. The van der Waals surface area contributed by atoms with Crippen LogP contribution in [-0.2, 0) is 30.8 Å². The van der Waals surface area contributed by atoms with Gasteiger partial charge in [0.2, 0.25) is 23.6 Å². The molecule has 0 unspecified atom stereocenters. The third kappa shape index (κ3) is 12.0. The van der Waals surface area contributed by atoms with Gasteiger partial charge in [0.05, 0.1) is 53.1 Å². The summed E-state index contributed by atoms with van der Waals surface area (Å²) in [4.78, 5) is 58.7. The lowest BCUT2D eigenvalue weighted by atomic mass is 9.28. The summed E-state index contributed by atoms with van der Waals surface area (Å²) in [6.07, 6.45) is -0.504. The van der Waals surface area contributed by atoms with Crippen LogP contribution >= 0.6 is 0 Å². The molecule has 0 aromatic heterocycles. The van der Waals surface area contributed by atoms with Crippen molar-refractivity contribution < 1.29 is 24.3 Å². The van der Waals surface area contributed by atoms with E-state index in [1.807, 2.05) is 0 Å². The van der Waals surface area contributed by atoms with Gasteiger partial charge in [-0.25, -0.2) is 0 Å². The highest BCUT2D eigenvalue weighted by atomic mass is 16.3. The molecule has 2 aromatic rings.